The number of nitrogens with zero attached hydrogens (tertiary/aromatic N) is 2. The monoisotopic (exact) mass is 724 g/mol. The second kappa shape index (κ2) is 14.1. The fraction of sp³-hybridized carbons (Fsp3) is 0.0233. The van der Waals surface area contributed by atoms with Crippen LogP contribution in [0.4, 0.5) is 34.1 Å². The number of hydrogen-bond acceptors (Lipinski definition) is 2. The molecule has 0 amide bonds. The molecule has 7 aromatic rings. The van der Waals surface area contributed by atoms with Crippen LogP contribution < -0.4 is 9.80 Å². The molecule has 0 bridgehead atoms. The van der Waals surface area contributed by atoms with Crippen molar-refractivity contribution in [1.82, 2.24) is 0 Å². The first-order chi connectivity index (χ1) is 23.4. The molecular formula is C43H31BrCl2N2. The van der Waals surface area contributed by atoms with E-state index in [9.17, 15) is 0 Å². The smallest absolute Gasteiger partial charge is 0.0476 e. The van der Waals surface area contributed by atoms with Crippen LogP contribution in [-0.4, -0.2) is 0 Å². The van der Waals surface area contributed by atoms with Crippen molar-refractivity contribution in [3.05, 3.63) is 190 Å². The quantitative estimate of drug-likeness (QED) is 0.154. The number of halogens is 3. The highest BCUT2D eigenvalue weighted by Crippen LogP contribution is 2.39. The molecule has 5 heteroatoms. The third-order valence-corrected chi connectivity index (χ3v) is 9.31. The maximum atomic E-state index is 6.48. The fourth-order valence-corrected chi connectivity index (χ4v) is 6.50. The Morgan fingerprint density at radius 2 is 0.688 bits per heavy atom. The highest BCUT2D eigenvalue weighted by Gasteiger charge is 2.15. The summed E-state index contributed by atoms with van der Waals surface area (Å²) in [6.45, 7) is 2.11. The van der Waals surface area contributed by atoms with Gasteiger partial charge in [0.1, 0.15) is 0 Å². The molecule has 0 aliphatic rings. The van der Waals surface area contributed by atoms with Gasteiger partial charge in [0.2, 0.25) is 0 Å². The van der Waals surface area contributed by atoms with Crippen LogP contribution in [0.5, 0.6) is 0 Å². The van der Waals surface area contributed by atoms with Gasteiger partial charge in [0.05, 0.1) is 0 Å². The Morgan fingerprint density at radius 1 is 0.375 bits per heavy atom. The zero-order chi connectivity index (χ0) is 33.0. The van der Waals surface area contributed by atoms with Gasteiger partial charge in [0.25, 0.3) is 0 Å². The van der Waals surface area contributed by atoms with E-state index in [1.165, 1.54) is 16.7 Å². The summed E-state index contributed by atoms with van der Waals surface area (Å²) in [5.41, 5.74) is 12.1. The second-order valence-electron chi connectivity index (χ2n) is 11.6. The van der Waals surface area contributed by atoms with Crippen LogP contribution in [-0.2, 0) is 0 Å². The minimum absolute atomic E-state index is 0.695. The van der Waals surface area contributed by atoms with E-state index in [0.717, 1.165) is 49.7 Å². The summed E-state index contributed by atoms with van der Waals surface area (Å²) in [6.07, 6.45) is 0. The normalized spacial score (nSPS) is 10.9. The molecule has 0 atom stereocenters. The van der Waals surface area contributed by atoms with Crippen molar-refractivity contribution < 1.29 is 0 Å². The summed E-state index contributed by atoms with van der Waals surface area (Å²) in [7, 11) is 0. The van der Waals surface area contributed by atoms with Crippen LogP contribution in [0.15, 0.2) is 174 Å². The van der Waals surface area contributed by atoms with Crippen molar-refractivity contribution in [3.8, 4) is 22.3 Å². The topological polar surface area (TPSA) is 6.48 Å². The standard InChI is InChI=1S/C43H31BrCl2N2/c1-30-8-10-31(11-9-30)32-12-20-38(21-13-32)47(42-6-2-4-36(45)28-42)39-22-14-33(15-23-39)34-16-24-40(25-17-34)48(41-26-18-35(44)19-27-41)43-7-3-5-37(46)29-43/h2-29H,1H3. The molecule has 7 rings (SSSR count). The maximum absolute atomic E-state index is 6.48. The Balaban J connectivity index is 1.19. The van der Waals surface area contributed by atoms with Crippen LogP contribution in [0.1, 0.15) is 5.56 Å². The van der Waals surface area contributed by atoms with Gasteiger partial charge < -0.3 is 9.80 Å². The molecule has 0 unspecified atom stereocenters. The molecule has 0 fully saturated rings. The van der Waals surface area contributed by atoms with Gasteiger partial charge in [0, 0.05) is 48.6 Å². The predicted octanol–water partition coefficient (Wildman–Crippen LogP) is 14.3. The molecule has 0 heterocycles. The van der Waals surface area contributed by atoms with Gasteiger partial charge >= 0.3 is 0 Å². The molecule has 0 aliphatic heterocycles. The summed E-state index contributed by atoms with van der Waals surface area (Å²) in [6, 6.07) is 58.8. The van der Waals surface area contributed by atoms with Crippen molar-refractivity contribution in [3.63, 3.8) is 0 Å². The van der Waals surface area contributed by atoms with Crippen molar-refractivity contribution in [1.29, 1.82) is 0 Å². The molecule has 0 aliphatic carbocycles. The third kappa shape index (κ3) is 7.05. The number of benzene rings is 7. The van der Waals surface area contributed by atoms with E-state index in [1.807, 2.05) is 48.5 Å². The summed E-state index contributed by atoms with van der Waals surface area (Å²) >= 11 is 16.4. The first-order valence-corrected chi connectivity index (χ1v) is 17.2. The Hall–Kier alpha value is -4.80. The van der Waals surface area contributed by atoms with Crippen molar-refractivity contribution >= 4 is 73.3 Å². The fourth-order valence-electron chi connectivity index (χ4n) is 5.87. The maximum Gasteiger partial charge on any atom is 0.0476 e. The van der Waals surface area contributed by atoms with E-state index in [-0.39, 0.29) is 0 Å². The predicted molar refractivity (Wildman–Crippen MR) is 209 cm³/mol. The van der Waals surface area contributed by atoms with E-state index in [1.54, 1.807) is 0 Å². The number of anilines is 6. The zero-order valence-corrected chi connectivity index (χ0v) is 29.3. The van der Waals surface area contributed by atoms with Gasteiger partial charge in [-0.15, -0.1) is 0 Å². The Morgan fingerprint density at radius 3 is 1.02 bits per heavy atom. The number of hydrogen-bond donors (Lipinski definition) is 0. The van der Waals surface area contributed by atoms with Crippen LogP contribution in [0.25, 0.3) is 22.3 Å². The number of aryl methyl sites for hydroxylation is 1. The van der Waals surface area contributed by atoms with Gasteiger partial charge in [0.15, 0.2) is 0 Å². The lowest BCUT2D eigenvalue weighted by molar-refractivity contribution is 1.28. The summed E-state index contributed by atoms with van der Waals surface area (Å²) in [4.78, 5) is 4.44. The lowest BCUT2D eigenvalue weighted by atomic mass is 10.0. The summed E-state index contributed by atoms with van der Waals surface area (Å²) in [5.74, 6) is 0. The molecule has 0 spiro atoms. The summed E-state index contributed by atoms with van der Waals surface area (Å²) < 4.78 is 1.03. The zero-order valence-electron chi connectivity index (χ0n) is 26.2. The van der Waals surface area contributed by atoms with Gasteiger partial charge in [-0.05, 0) is 126 Å². The second-order valence-corrected chi connectivity index (χ2v) is 13.4. The van der Waals surface area contributed by atoms with E-state index >= 15 is 0 Å². The van der Waals surface area contributed by atoms with Crippen LogP contribution in [0, 0.1) is 6.92 Å². The molecular weight excluding hydrogens is 695 g/mol. The SMILES string of the molecule is Cc1ccc(-c2ccc(N(c3ccc(-c4ccc(N(c5ccc(Br)cc5)c5cccc(Cl)c5)cc4)cc3)c3cccc(Cl)c3)cc2)cc1. The van der Waals surface area contributed by atoms with Crippen molar-refractivity contribution in [2.24, 2.45) is 0 Å². The lowest BCUT2D eigenvalue weighted by Crippen LogP contribution is -2.10. The minimum Gasteiger partial charge on any atom is -0.310 e. The van der Waals surface area contributed by atoms with E-state index in [0.29, 0.717) is 10.0 Å². The molecule has 48 heavy (non-hydrogen) atoms. The van der Waals surface area contributed by atoms with Gasteiger partial charge in [-0.25, -0.2) is 0 Å². The first-order valence-electron chi connectivity index (χ1n) is 15.7. The molecule has 2 nitrogen and oxygen atoms in total. The minimum atomic E-state index is 0.695. The Labute approximate surface area is 300 Å². The molecule has 0 radical (unpaired) electrons. The van der Waals surface area contributed by atoms with Crippen molar-refractivity contribution in [2.45, 2.75) is 6.92 Å². The Bertz CT molecular complexity index is 2140. The molecule has 0 N–H and O–H groups in total. The van der Waals surface area contributed by atoms with Gasteiger partial charge in [-0.2, -0.15) is 0 Å². The summed E-state index contributed by atoms with van der Waals surface area (Å²) in [5, 5.41) is 1.39. The van der Waals surface area contributed by atoms with E-state index < -0.39 is 0 Å². The molecule has 0 aromatic heterocycles. The van der Waals surface area contributed by atoms with E-state index in [2.05, 4.69) is 154 Å². The lowest BCUT2D eigenvalue weighted by Gasteiger charge is -2.26. The van der Waals surface area contributed by atoms with Crippen LogP contribution in [0.3, 0.4) is 0 Å². The average Bonchev–Trinajstić information content (AvgIpc) is 3.11. The first kappa shape index (κ1) is 31.8. The molecule has 7 aromatic carbocycles. The van der Waals surface area contributed by atoms with Gasteiger partial charge in [-0.1, -0.05) is 117 Å². The third-order valence-electron chi connectivity index (χ3n) is 8.31. The highest BCUT2D eigenvalue weighted by atomic mass is 79.9. The van der Waals surface area contributed by atoms with Crippen LogP contribution >= 0.6 is 39.1 Å². The highest BCUT2D eigenvalue weighted by molar-refractivity contribution is 9.10. The van der Waals surface area contributed by atoms with Crippen LogP contribution in [0.2, 0.25) is 10.0 Å². The van der Waals surface area contributed by atoms with Gasteiger partial charge in [-0.3, -0.25) is 0 Å². The van der Waals surface area contributed by atoms with E-state index in [4.69, 9.17) is 23.2 Å². The average molecular weight is 727 g/mol. The molecule has 0 saturated heterocycles. The molecule has 234 valence electrons. The van der Waals surface area contributed by atoms with Crippen molar-refractivity contribution in [2.75, 3.05) is 9.80 Å². The largest absolute Gasteiger partial charge is 0.310 e. The Kier molecular flexibility index (Phi) is 9.36. The number of rotatable bonds is 8. The molecule has 0 saturated carbocycles.